The molecule has 4 rings (SSSR count). The number of pyridine rings is 2. The quantitative estimate of drug-likeness (QED) is 0.585. The second-order valence-corrected chi connectivity index (χ2v) is 6.29. The summed E-state index contributed by atoms with van der Waals surface area (Å²) in [6.07, 6.45) is 5.14. The van der Waals surface area contributed by atoms with Crippen molar-refractivity contribution in [2.24, 2.45) is 0 Å². The highest BCUT2D eigenvalue weighted by Gasteiger charge is 2.10. The fraction of sp³-hybridized carbons (Fsp3) is 0.0526. The second kappa shape index (κ2) is 7.28. The zero-order valence-electron chi connectivity index (χ0n) is 13.6. The number of carbonyl (C=O) groups excluding carboxylic acids is 1. The first kappa shape index (κ1) is 16.2. The van der Waals surface area contributed by atoms with Crippen molar-refractivity contribution in [2.75, 3.05) is 11.9 Å². The number of benzene rings is 1. The minimum atomic E-state index is -0.262. The second-order valence-electron chi connectivity index (χ2n) is 5.44. The minimum Gasteiger partial charge on any atom is -0.483 e. The van der Waals surface area contributed by atoms with Crippen molar-refractivity contribution in [3.8, 4) is 17.0 Å². The van der Waals surface area contributed by atoms with Crippen LogP contribution in [0.3, 0.4) is 0 Å². The van der Waals surface area contributed by atoms with E-state index in [0.29, 0.717) is 10.9 Å². The molecule has 0 aliphatic carbocycles. The monoisotopic (exact) mass is 362 g/mol. The van der Waals surface area contributed by atoms with E-state index in [9.17, 15) is 4.79 Å². The number of hydrogen-bond donors (Lipinski definition) is 1. The maximum absolute atomic E-state index is 12.2. The van der Waals surface area contributed by atoms with Gasteiger partial charge in [0, 0.05) is 34.9 Å². The molecule has 1 aromatic carbocycles. The van der Waals surface area contributed by atoms with Gasteiger partial charge in [-0.15, -0.1) is 11.3 Å². The molecule has 0 atom stereocenters. The number of fused-ring (bicyclic) bond motifs is 1. The zero-order valence-corrected chi connectivity index (χ0v) is 14.4. The summed E-state index contributed by atoms with van der Waals surface area (Å²) < 4.78 is 5.66. The number of rotatable bonds is 5. The van der Waals surface area contributed by atoms with Crippen LogP contribution in [0.1, 0.15) is 0 Å². The highest BCUT2D eigenvalue weighted by atomic mass is 32.1. The van der Waals surface area contributed by atoms with Crippen LogP contribution in [0.5, 0.6) is 5.75 Å². The molecule has 0 radical (unpaired) electrons. The highest BCUT2D eigenvalue weighted by Crippen LogP contribution is 2.25. The topological polar surface area (TPSA) is 77.0 Å². The number of anilines is 1. The Balaban J connectivity index is 1.41. The molecule has 0 saturated heterocycles. The van der Waals surface area contributed by atoms with Crippen LogP contribution in [0.25, 0.3) is 22.2 Å². The number of amides is 1. The Morgan fingerprint density at radius 1 is 1.08 bits per heavy atom. The normalized spacial score (nSPS) is 10.6. The van der Waals surface area contributed by atoms with Crippen molar-refractivity contribution in [3.05, 3.63) is 66.4 Å². The lowest BCUT2D eigenvalue weighted by Gasteiger charge is -2.08. The molecule has 6 nitrogen and oxygen atoms in total. The Kier molecular flexibility index (Phi) is 4.53. The molecule has 1 N–H and O–H groups in total. The summed E-state index contributed by atoms with van der Waals surface area (Å²) in [6.45, 7) is -0.0990. The van der Waals surface area contributed by atoms with Crippen LogP contribution < -0.4 is 10.1 Å². The van der Waals surface area contributed by atoms with Gasteiger partial charge in [-0.3, -0.25) is 20.1 Å². The van der Waals surface area contributed by atoms with Crippen molar-refractivity contribution in [1.29, 1.82) is 0 Å². The van der Waals surface area contributed by atoms with Gasteiger partial charge in [0.15, 0.2) is 11.7 Å². The third-order valence-corrected chi connectivity index (χ3v) is 4.45. The molecule has 1 amide bonds. The van der Waals surface area contributed by atoms with Gasteiger partial charge in [0.25, 0.3) is 5.91 Å². The average Bonchev–Trinajstić information content (AvgIpc) is 3.15. The molecule has 0 bridgehead atoms. The lowest BCUT2D eigenvalue weighted by molar-refractivity contribution is -0.118. The van der Waals surface area contributed by atoms with Gasteiger partial charge in [-0.1, -0.05) is 6.07 Å². The molecule has 26 heavy (non-hydrogen) atoms. The third-order valence-electron chi connectivity index (χ3n) is 3.69. The fourth-order valence-corrected chi connectivity index (χ4v) is 3.22. The van der Waals surface area contributed by atoms with Crippen LogP contribution in [0, 0.1) is 0 Å². The summed E-state index contributed by atoms with van der Waals surface area (Å²) in [7, 11) is 0. The molecule has 0 fully saturated rings. The molecule has 0 spiro atoms. The van der Waals surface area contributed by atoms with E-state index in [1.54, 1.807) is 18.6 Å². The molecule has 0 aliphatic rings. The van der Waals surface area contributed by atoms with Gasteiger partial charge in [-0.05, 0) is 36.4 Å². The first-order valence-electron chi connectivity index (χ1n) is 7.92. The Morgan fingerprint density at radius 2 is 1.96 bits per heavy atom. The van der Waals surface area contributed by atoms with Crippen LogP contribution in [0.4, 0.5) is 5.13 Å². The van der Waals surface area contributed by atoms with Crippen molar-refractivity contribution in [3.63, 3.8) is 0 Å². The standard InChI is InChI=1S/C19H14N4O2S/c24-18(11-25-17-5-1-4-15-14(17)3-2-8-21-15)23-19-22-16(12-26-19)13-6-9-20-10-7-13/h1-10,12H,11H2,(H,22,23,24). The van der Waals surface area contributed by atoms with Crippen molar-refractivity contribution in [1.82, 2.24) is 15.0 Å². The lowest BCUT2D eigenvalue weighted by Crippen LogP contribution is -2.20. The van der Waals surface area contributed by atoms with E-state index in [4.69, 9.17) is 4.74 Å². The molecule has 3 heterocycles. The first-order valence-corrected chi connectivity index (χ1v) is 8.80. The lowest BCUT2D eigenvalue weighted by atomic mass is 10.2. The van der Waals surface area contributed by atoms with E-state index in [1.807, 2.05) is 47.8 Å². The van der Waals surface area contributed by atoms with Crippen LogP contribution >= 0.6 is 11.3 Å². The van der Waals surface area contributed by atoms with E-state index in [1.165, 1.54) is 11.3 Å². The number of ether oxygens (including phenoxy) is 1. The van der Waals surface area contributed by atoms with Crippen LogP contribution in [-0.4, -0.2) is 27.5 Å². The van der Waals surface area contributed by atoms with Crippen molar-refractivity contribution in [2.45, 2.75) is 0 Å². The number of nitrogens with zero attached hydrogens (tertiary/aromatic N) is 3. The number of thiazole rings is 1. The van der Waals surface area contributed by atoms with Crippen molar-refractivity contribution >= 4 is 33.3 Å². The van der Waals surface area contributed by atoms with Gasteiger partial charge in [0.1, 0.15) is 5.75 Å². The summed E-state index contributed by atoms with van der Waals surface area (Å²) in [6, 6.07) is 13.1. The molecule has 4 aromatic rings. The van der Waals surface area contributed by atoms with Gasteiger partial charge >= 0.3 is 0 Å². The van der Waals surface area contributed by atoms with Crippen LogP contribution in [-0.2, 0) is 4.79 Å². The SMILES string of the molecule is O=C(COc1cccc2ncccc12)Nc1nc(-c2ccncc2)cs1. The fourth-order valence-electron chi connectivity index (χ4n) is 2.49. The minimum absolute atomic E-state index is 0.0990. The number of aromatic nitrogens is 3. The maximum atomic E-state index is 12.2. The Bertz CT molecular complexity index is 1040. The van der Waals surface area contributed by atoms with Crippen molar-refractivity contribution < 1.29 is 9.53 Å². The predicted octanol–water partition coefficient (Wildman–Crippen LogP) is 3.77. The van der Waals surface area contributed by atoms with E-state index >= 15 is 0 Å². The van der Waals surface area contributed by atoms with Gasteiger partial charge in [-0.2, -0.15) is 0 Å². The van der Waals surface area contributed by atoms with Gasteiger partial charge in [0.05, 0.1) is 11.2 Å². The van der Waals surface area contributed by atoms with Gasteiger partial charge < -0.3 is 4.74 Å². The molecular formula is C19H14N4O2S. The summed E-state index contributed by atoms with van der Waals surface area (Å²) >= 11 is 1.37. The maximum Gasteiger partial charge on any atom is 0.264 e. The Hall–Kier alpha value is -3.32. The van der Waals surface area contributed by atoms with E-state index in [2.05, 4.69) is 20.3 Å². The summed E-state index contributed by atoms with van der Waals surface area (Å²) in [5, 5.41) is 6.06. The smallest absolute Gasteiger partial charge is 0.264 e. The number of nitrogens with one attached hydrogen (secondary N) is 1. The summed E-state index contributed by atoms with van der Waals surface area (Å²) in [4.78, 5) is 24.9. The summed E-state index contributed by atoms with van der Waals surface area (Å²) in [5.74, 6) is 0.365. The Labute approximate surface area is 153 Å². The zero-order chi connectivity index (χ0) is 17.8. The van der Waals surface area contributed by atoms with E-state index < -0.39 is 0 Å². The molecule has 7 heteroatoms. The van der Waals surface area contributed by atoms with Gasteiger partial charge in [0.2, 0.25) is 0 Å². The molecule has 3 aromatic heterocycles. The van der Waals surface area contributed by atoms with E-state index in [0.717, 1.165) is 22.2 Å². The largest absolute Gasteiger partial charge is 0.483 e. The molecule has 128 valence electrons. The molecular weight excluding hydrogens is 348 g/mol. The average molecular weight is 362 g/mol. The van der Waals surface area contributed by atoms with Gasteiger partial charge in [-0.25, -0.2) is 4.98 Å². The molecule has 0 aliphatic heterocycles. The first-order chi connectivity index (χ1) is 12.8. The number of hydrogen-bond acceptors (Lipinski definition) is 6. The summed E-state index contributed by atoms with van der Waals surface area (Å²) in [5.41, 5.74) is 2.58. The van der Waals surface area contributed by atoms with Crippen LogP contribution in [0.15, 0.2) is 66.4 Å². The number of carbonyl (C=O) groups is 1. The highest BCUT2D eigenvalue weighted by molar-refractivity contribution is 7.14. The van der Waals surface area contributed by atoms with E-state index in [-0.39, 0.29) is 12.5 Å². The molecule has 0 saturated carbocycles. The van der Waals surface area contributed by atoms with Crippen LogP contribution in [0.2, 0.25) is 0 Å². The molecule has 0 unspecified atom stereocenters. The Morgan fingerprint density at radius 3 is 2.85 bits per heavy atom. The predicted molar refractivity (Wildman–Crippen MR) is 101 cm³/mol. The third kappa shape index (κ3) is 3.52.